The Hall–Kier alpha value is -2.80. The van der Waals surface area contributed by atoms with E-state index in [0.29, 0.717) is 25.6 Å². The Morgan fingerprint density at radius 2 is 1.71 bits per heavy atom. The molecule has 1 aliphatic rings. The van der Waals surface area contributed by atoms with E-state index in [1.807, 2.05) is 37.3 Å². The van der Waals surface area contributed by atoms with Gasteiger partial charge in [-0.15, -0.1) is 0 Å². The molecule has 7 nitrogen and oxygen atoms in total. The molecule has 150 valence electrons. The van der Waals surface area contributed by atoms with E-state index in [-0.39, 0.29) is 6.09 Å². The molecule has 2 aromatic rings. The minimum absolute atomic E-state index is 0.231. The molecule has 1 aromatic heterocycles. The van der Waals surface area contributed by atoms with Gasteiger partial charge >= 0.3 is 6.09 Å². The minimum atomic E-state index is -0.231. The van der Waals surface area contributed by atoms with Gasteiger partial charge in [-0.25, -0.2) is 9.78 Å². The van der Waals surface area contributed by atoms with Gasteiger partial charge < -0.3 is 19.1 Å². The van der Waals surface area contributed by atoms with Gasteiger partial charge in [0.05, 0.1) is 26.5 Å². The van der Waals surface area contributed by atoms with Crippen LogP contribution in [-0.4, -0.2) is 67.9 Å². The Morgan fingerprint density at radius 3 is 2.32 bits per heavy atom. The highest BCUT2D eigenvalue weighted by molar-refractivity contribution is 5.67. The van der Waals surface area contributed by atoms with Crippen LogP contribution in [0.3, 0.4) is 0 Å². The lowest BCUT2D eigenvalue weighted by molar-refractivity contribution is 0.0775. The van der Waals surface area contributed by atoms with E-state index >= 15 is 0 Å². The van der Waals surface area contributed by atoms with Gasteiger partial charge in [0.2, 0.25) is 5.88 Å². The first kappa shape index (κ1) is 19.9. The molecule has 0 spiro atoms. The lowest BCUT2D eigenvalue weighted by Crippen LogP contribution is -2.48. The van der Waals surface area contributed by atoms with Gasteiger partial charge in [-0.1, -0.05) is 6.07 Å². The van der Waals surface area contributed by atoms with E-state index in [1.165, 1.54) is 0 Å². The number of methoxy groups -OCH3 is 2. The van der Waals surface area contributed by atoms with Crippen molar-refractivity contribution in [2.45, 2.75) is 13.5 Å². The lowest BCUT2D eigenvalue weighted by atomic mass is 10.1. The van der Waals surface area contributed by atoms with E-state index < -0.39 is 0 Å². The molecule has 0 unspecified atom stereocenters. The highest BCUT2D eigenvalue weighted by Gasteiger charge is 2.22. The smallest absolute Gasteiger partial charge is 0.409 e. The topological polar surface area (TPSA) is 64.1 Å². The molecule has 7 heteroatoms. The van der Waals surface area contributed by atoms with Crippen LogP contribution in [0.5, 0.6) is 11.6 Å². The lowest BCUT2D eigenvalue weighted by Gasteiger charge is -2.34. The zero-order valence-electron chi connectivity index (χ0n) is 16.7. The summed E-state index contributed by atoms with van der Waals surface area (Å²) in [6.45, 7) is 5.88. The summed E-state index contributed by atoms with van der Waals surface area (Å²) in [6.07, 6.45) is -0.231. The van der Waals surface area contributed by atoms with Crippen LogP contribution in [0.4, 0.5) is 4.79 Å². The molecule has 28 heavy (non-hydrogen) atoms. The fraction of sp³-hybridized carbons (Fsp3) is 0.429. The first-order valence-electron chi connectivity index (χ1n) is 9.47. The van der Waals surface area contributed by atoms with Crippen LogP contribution < -0.4 is 9.47 Å². The van der Waals surface area contributed by atoms with Crippen molar-refractivity contribution >= 4 is 6.09 Å². The summed E-state index contributed by atoms with van der Waals surface area (Å²) in [5.74, 6) is 1.44. The highest BCUT2D eigenvalue weighted by Crippen LogP contribution is 2.26. The van der Waals surface area contributed by atoms with Gasteiger partial charge in [0, 0.05) is 43.9 Å². The second kappa shape index (κ2) is 9.41. The molecule has 0 saturated carbocycles. The molecular formula is C21H27N3O4. The number of hydrogen-bond donors (Lipinski definition) is 0. The molecule has 1 fully saturated rings. The number of amides is 1. The molecular weight excluding hydrogens is 358 g/mol. The molecule has 0 N–H and O–H groups in total. The van der Waals surface area contributed by atoms with Crippen molar-refractivity contribution in [1.82, 2.24) is 14.8 Å². The number of carbonyl (C=O) groups excluding carboxylic acids is 1. The standard InChI is InChI=1S/C21H27N3O4/c1-4-28-21(25)24-13-11-23(12-14-24)15-17-7-10-19(22-20(17)27-3)16-5-8-18(26-2)9-6-16/h5-10H,4,11-15H2,1-3H3. The Morgan fingerprint density at radius 1 is 1.00 bits per heavy atom. The Bertz CT molecular complexity index is 787. The van der Waals surface area contributed by atoms with E-state index in [9.17, 15) is 4.79 Å². The molecule has 0 radical (unpaired) electrons. The fourth-order valence-electron chi connectivity index (χ4n) is 3.23. The maximum Gasteiger partial charge on any atom is 0.409 e. The number of ether oxygens (including phenoxy) is 3. The van der Waals surface area contributed by atoms with Gasteiger partial charge in [0.25, 0.3) is 0 Å². The van der Waals surface area contributed by atoms with Crippen LogP contribution in [0.15, 0.2) is 36.4 Å². The van der Waals surface area contributed by atoms with Crippen LogP contribution in [0.2, 0.25) is 0 Å². The van der Waals surface area contributed by atoms with E-state index in [0.717, 1.165) is 42.2 Å². The molecule has 0 aliphatic carbocycles. The summed E-state index contributed by atoms with van der Waals surface area (Å²) in [5.41, 5.74) is 2.90. The van der Waals surface area contributed by atoms with Crippen molar-refractivity contribution in [3.05, 3.63) is 42.0 Å². The number of pyridine rings is 1. The predicted octanol–water partition coefficient (Wildman–Crippen LogP) is 3.04. The number of carbonyl (C=O) groups is 1. The minimum Gasteiger partial charge on any atom is -0.497 e. The molecule has 1 aliphatic heterocycles. The first-order valence-corrected chi connectivity index (χ1v) is 9.47. The maximum atomic E-state index is 11.8. The molecule has 3 rings (SSSR count). The molecule has 0 atom stereocenters. The average molecular weight is 385 g/mol. The summed E-state index contributed by atoms with van der Waals surface area (Å²) in [4.78, 5) is 20.5. The number of hydrogen-bond acceptors (Lipinski definition) is 6. The maximum absolute atomic E-state index is 11.8. The van der Waals surface area contributed by atoms with E-state index in [1.54, 1.807) is 19.1 Å². The summed E-state index contributed by atoms with van der Waals surface area (Å²) >= 11 is 0. The third-order valence-electron chi connectivity index (χ3n) is 4.81. The Labute approximate surface area is 165 Å². The molecule has 1 aromatic carbocycles. The monoisotopic (exact) mass is 385 g/mol. The predicted molar refractivity (Wildman–Crippen MR) is 107 cm³/mol. The summed E-state index contributed by atoms with van der Waals surface area (Å²) in [5, 5.41) is 0. The highest BCUT2D eigenvalue weighted by atomic mass is 16.6. The van der Waals surface area contributed by atoms with Gasteiger partial charge in [0.1, 0.15) is 5.75 Å². The molecule has 1 saturated heterocycles. The van der Waals surface area contributed by atoms with Gasteiger partial charge in [-0.05, 0) is 37.3 Å². The van der Waals surface area contributed by atoms with Crippen molar-refractivity contribution < 1.29 is 19.0 Å². The Kier molecular flexibility index (Phi) is 6.71. The molecule has 2 heterocycles. The number of nitrogens with zero attached hydrogens (tertiary/aromatic N) is 3. The van der Waals surface area contributed by atoms with Crippen molar-refractivity contribution in [2.24, 2.45) is 0 Å². The van der Waals surface area contributed by atoms with Crippen molar-refractivity contribution in [3.63, 3.8) is 0 Å². The Balaban J connectivity index is 1.65. The quantitative estimate of drug-likeness (QED) is 0.762. The number of aromatic nitrogens is 1. The first-order chi connectivity index (χ1) is 13.6. The number of benzene rings is 1. The summed E-state index contributed by atoms with van der Waals surface area (Å²) in [6, 6.07) is 11.9. The van der Waals surface area contributed by atoms with Crippen molar-refractivity contribution in [2.75, 3.05) is 47.0 Å². The number of rotatable bonds is 6. The number of piperazine rings is 1. The largest absolute Gasteiger partial charge is 0.497 e. The van der Waals surface area contributed by atoms with Crippen LogP contribution in [-0.2, 0) is 11.3 Å². The van der Waals surface area contributed by atoms with Gasteiger partial charge in [-0.2, -0.15) is 0 Å². The third kappa shape index (κ3) is 4.72. The molecule has 1 amide bonds. The SMILES string of the molecule is CCOC(=O)N1CCN(Cc2ccc(-c3ccc(OC)cc3)nc2OC)CC1. The van der Waals surface area contributed by atoms with Crippen LogP contribution in [0.25, 0.3) is 11.3 Å². The second-order valence-corrected chi connectivity index (χ2v) is 6.56. The van der Waals surface area contributed by atoms with Gasteiger partial charge in [-0.3, -0.25) is 4.90 Å². The van der Waals surface area contributed by atoms with Crippen molar-refractivity contribution in [3.8, 4) is 22.9 Å². The summed E-state index contributed by atoms with van der Waals surface area (Å²) in [7, 11) is 3.29. The van der Waals surface area contributed by atoms with Gasteiger partial charge in [0.15, 0.2) is 0 Å². The zero-order chi connectivity index (χ0) is 19.9. The summed E-state index contributed by atoms with van der Waals surface area (Å²) < 4.78 is 15.8. The normalized spacial score (nSPS) is 14.6. The second-order valence-electron chi connectivity index (χ2n) is 6.56. The zero-order valence-corrected chi connectivity index (χ0v) is 16.7. The van der Waals surface area contributed by atoms with E-state index in [4.69, 9.17) is 14.2 Å². The van der Waals surface area contributed by atoms with Crippen LogP contribution >= 0.6 is 0 Å². The molecule has 0 bridgehead atoms. The van der Waals surface area contributed by atoms with Crippen LogP contribution in [0.1, 0.15) is 12.5 Å². The third-order valence-corrected chi connectivity index (χ3v) is 4.81. The average Bonchev–Trinajstić information content (AvgIpc) is 2.75. The fourth-order valence-corrected chi connectivity index (χ4v) is 3.23. The van der Waals surface area contributed by atoms with E-state index in [2.05, 4.69) is 16.0 Å². The van der Waals surface area contributed by atoms with Crippen LogP contribution in [0, 0.1) is 0 Å². The van der Waals surface area contributed by atoms with Crippen molar-refractivity contribution in [1.29, 1.82) is 0 Å².